The van der Waals surface area contributed by atoms with Gasteiger partial charge in [-0.25, -0.2) is 18.4 Å². The Balaban J connectivity index is 2.64. The van der Waals surface area contributed by atoms with Crippen LogP contribution in [0.15, 0.2) is 23.4 Å². The smallest absolute Gasteiger partial charge is 0.355 e. The molecule has 1 aliphatic heterocycles. The number of hydrogen-bond acceptors (Lipinski definition) is 7. The normalized spacial score (nSPS) is 14.2. The SMILES string of the molecule is COC(=O)C1=C(C(=O)OC)N(c2cc(F)c(C#N)cc2F)COC1. The Morgan fingerprint density at radius 3 is 2.46 bits per heavy atom. The lowest BCUT2D eigenvalue weighted by Gasteiger charge is -2.31. The lowest BCUT2D eigenvalue weighted by Crippen LogP contribution is -2.39. The van der Waals surface area contributed by atoms with E-state index in [-0.39, 0.29) is 30.3 Å². The highest BCUT2D eigenvalue weighted by atomic mass is 19.1. The molecular weight excluding hydrogens is 326 g/mol. The van der Waals surface area contributed by atoms with Crippen molar-refractivity contribution in [2.45, 2.75) is 0 Å². The average molecular weight is 338 g/mol. The first-order valence-corrected chi connectivity index (χ1v) is 6.58. The molecule has 126 valence electrons. The van der Waals surface area contributed by atoms with Crippen molar-refractivity contribution in [1.82, 2.24) is 0 Å². The Morgan fingerprint density at radius 1 is 1.21 bits per heavy atom. The maximum absolute atomic E-state index is 14.2. The fraction of sp³-hybridized carbons (Fsp3) is 0.267. The number of benzene rings is 1. The van der Waals surface area contributed by atoms with Gasteiger partial charge in [0.2, 0.25) is 0 Å². The Hall–Kier alpha value is -2.99. The first-order valence-electron chi connectivity index (χ1n) is 6.58. The summed E-state index contributed by atoms with van der Waals surface area (Å²) < 4.78 is 42.4. The zero-order valence-corrected chi connectivity index (χ0v) is 12.8. The minimum absolute atomic E-state index is 0.195. The molecule has 0 atom stereocenters. The summed E-state index contributed by atoms with van der Waals surface area (Å²) in [6.07, 6.45) is 0. The maximum atomic E-state index is 14.2. The van der Waals surface area contributed by atoms with Gasteiger partial charge >= 0.3 is 11.9 Å². The number of carbonyl (C=O) groups excluding carboxylic acids is 2. The lowest BCUT2D eigenvalue weighted by molar-refractivity contribution is -0.140. The molecule has 1 aromatic rings. The Bertz CT molecular complexity index is 770. The van der Waals surface area contributed by atoms with Crippen LogP contribution in [0.25, 0.3) is 0 Å². The number of rotatable bonds is 3. The minimum atomic E-state index is -0.983. The number of anilines is 1. The van der Waals surface area contributed by atoms with Crippen LogP contribution < -0.4 is 4.90 Å². The van der Waals surface area contributed by atoms with Gasteiger partial charge in [0, 0.05) is 6.07 Å². The predicted molar refractivity (Wildman–Crippen MR) is 75.4 cm³/mol. The number of halogens is 2. The van der Waals surface area contributed by atoms with Gasteiger partial charge in [-0.2, -0.15) is 5.26 Å². The molecule has 1 aliphatic rings. The van der Waals surface area contributed by atoms with Crippen LogP contribution in [0, 0.1) is 23.0 Å². The van der Waals surface area contributed by atoms with Crippen LogP contribution in [-0.2, 0) is 23.8 Å². The highest BCUT2D eigenvalue weighted by Crippen LogP contribution is 2.30. The second-order valence-corrected chi connectivity index (χ2v) is 4.61. The van der Waals surface area contributed by atoms with E-state index >= 15 is 0 Å². The van der Waals surface area contributed by atoms with E-state index in [2.05, 4.69) is 9.47 Å². The van der Waals surface area contributed by atoms with Gasteiger partial charge in [-0.15, -0.1) is 0 Å². The highest BCUT2D eigenvalue weighted by molar-refractivity contribution is 6.03. The van der Waals surface area contributed by atoms with Crippen LogP contribution in [0.5, 0.6) is 0 Å². The monoisotopic (exact) mass is 338 g/mol. The van der Waals surface area contributed by atoms with E-state index in [0.717, 1.165) is 25.2 Å². The lowest BCUT2D eigenvalue weighted by atomic mass is 10.1. The van der Waals surface area contributed by atoms with Gasteiger partial charge in [0.05, 0.1) is 37.7 Å². The molecule has 1 heterocycles. The van der Waals surface area contributed by atoms with Gasteiger partial charge < -0.3 is 19.1 Å². The molecule has 0 fully saturated rings. The van der Waals surface area contributed by atoms with E-state index < -0.39 is 29.1 Å². The molecule has 7 nitrogen and oxygen atoms in total. The van der Waals surface area contributed by atoms with Crippen LogP contribution in [0.2, 0.25) is 0 Å². The van der Waals surface area contributed by atoms with Crippen molar-refractivity contribution in [3.05, 3.63) is 40.6 Å². The fourth-order valence-corrected chi connectivity index (χ4v) is 2.16. The number of methoxy groups -OCH3 is 2. The zero-order valence-electron chi connectivity index (χ0n) is 12.8. The molecular formula is C15H12F2N2O5. The van der Waals surface area contributed by atoms with E-state index in [1.54, 1.807) is 0 Å². The van der Waals surface area contributed by atoms with Crippen molar-refractivity contribution in [3.63, 3.8) is 0 Å². The summed E-state index contributed by atoms with van der Waals surface area (Å²) in [6, 6.07) is 2.93. The number of carbonyl (C=O) groups is 2. The maximum Gasteiger partial charge on any atom is 0.355 e. The molecule has 0 saturated heterocycles. The standard InChI is InChI=1S/C15H12F2N2O5/c1-22-14(20)9-6-24-7-19(13(9)15(21)23-2)12-4-10(16)8(5-18)3-11(12)17/h3-4H,6-7H2,1-2H3. The average Bonchev–Trinajstić information content (AvgIpc) is 2.61. The number of nitriles is 1. The first-order chi connectivity index (χ1) is 11.4. The summed E-state index contributed by atoms with van der Waals surface area (Å²) in [5.74, 6) is -3.76. The molecule has 0 unspecified atom stereocenters. The fourth-order valence-electron chi connectivity index (χ4n) is 2.16. The quantitative estimate of drug-likeness (QED) is 0.766. The van der Waals surface area contributed by atoms with Gasteiger partial charge in [-0.3, -0.25) is 0 Å². The number of hydrogen-bond donors (Lipinski definition) is 0. The third kappa shape index (κ3) is 3.04. The minimum Gasteiger partial charge on any atom is -0.466 e. The molecule has 2 rings (SSSR count). The van der Waals surface area contributed by atoms with E-state index in [1.165, 1.54) is 6.07 Å². The van der Waals surface area contributed by atoms with Crippen LogP contribution >= 0.6 is 0 Å². The number of ether oxygens (including phenoxy) is 3. The van der Waals surface area contributed by atoms with Gasteiger partial charge in [0.15, 0.2) is 0 Å². The predicted octanol–water partition coefficient (Wildman–Crippen LogP) is 1.23. The van der Waals surface area contributed by atoms with Gasteiger partial charge in [0.25, 0.3) is 0 Å². The number of nitrogens with zero attached hydrogens (tertiary/aromatic N) is 2. The van der Waals surface area contributed by atoms with Crippen molar-refractivity contribution in [1.29, 1.82) is 5.26 Å². The summed E-state index contributed by atoms with van der Waals surface area (Å²) in [5.41, 5.74) is -1.39. The third-order valence-electron chi connectivity index (χ3n) is 3.28. The molecule has 0 radical (unpaired) electrons. The van der Waals surface area contributed by atoms with Crippen LogP contribution in [0.3, 0.4) is 0 Å². The molecule has 0 amide bonds. The molecule has 0 aromatic heterocycles. The topological polar surface area (TPSA) is 88.9 Å². The van der Waals surface area contributed by atoms with E-state index in [9.17, 15) is 18.4 Å². The van der Waals surface area contributed by atoms with Crippen LogP contribution in [-0.4, -0.2) is 39.5 Å². The Labute approximate surface area is 135 Å². The Kier molecular flexibility index (Phi) is 5.11. The zero-order chi connectivity index (χ0) is 17.9. The van der Waals surface area contributed by atoms with E-state index in [1.807, 2.05) is 0 Å². The van der Waals surface area contributed by atoms with Crippen molar-refractivity contribution in [2.24, 2.45) is 0 Å². The van der Waals surface area contributed by atoms with Crippen molar-refractivity contribution < 1.29 is 32.6 Å². The van der Waals surface area contributed by atoms with Crippen LogP contribution in [0.1, 0.15) is 5.56 Å². The van der Waals surface area contributed by atoms with Gasteiger partial charge in [0.1, 0.15) is 30.1 Å². The number of esters is 2. The van der Waals surface area contributed by atoms with Crippen LogP contribution in [0.4, 0.5) is 14.5 Å². The van der Waals surface area contributed by atoms with Gasteiger partial charge in [-0.05, 0) is 6.07 Å². The molecule has 0 N–H and O–H groups in total. The Morgan fingerprint density at radius 2 is 1.88 bits per heavy atom. The van der Waals surface area contributed by atoms with E-state index in [0.29, 0.717) is 6.07 Å². The third-order valence-corrected chi connectivity index (χ3v) is 3.28. The molecule has 1 aromatic carbocycles. The molecule has 0 aliphatic carbocycles. The molecule has 0 bridgehead atoms. The molecule has 0 saturated carbocycles. The second kappa shape index (κ2) is 7.06. The van der Waals surface area contributed by atoms with E-state index in [4.69, 9.17) is 10.00 Å². The molecule has 24 heavy (non-hydrogen) atoms. The summed E-state index contributed by atoms with van der Waals surface area (Å²) in [6.45, 7) is -0.582. The van der Waals surface area contributed by atoms with Crippen molar-refractivity contribution >= 4 is 17.6 Å². The van der Waals surface area contributed by atoms with Gasteiger partial charge in [-0.1, -0.05) is 0 Å². The summed E-state index contributed by atoms with van der Waals surface area (Å²) in [4.78, 5) is 24.8. The largest absolute Gasteiger partial charge is 0.466 e. The summed E-state index contributed by atoms with van der Waals surface area (Å²) in [7, 11) is 2.18. The molecule has 0 spiro atoms. The van der Waals surface area contributed by atoms with Crippen molar-refractivity contribution in [2.75, 3.05) is 32.5 Å². The molecule has 9 heteroatoms. The van der Waals surface area contributed by atoms with Crippen molar-refractivity contribution in [3.8, 4) is 6.07 Å². The summed E-state index contributed by atoms with van der Waals surface area (Å²) >= 11 is 0. The first kappa shape index (κ1) is 17.4. The highest BCUT2D eigenvalue weighted by Gasteiger charge is 2.34. The second-order valence-electron chi connectivity index (χ2n) is 4.61. The summed E-state index contributed by atoms with van der Waals surface area (Å²) in [5, 5.41) is 8.73.